The van der Waals surface area contributed by atoms with Crippen LogP contribution in [-0.2, 0) is 27.2 Å². The number of hydrogen-bond acceptors (Lipinski definition) is 3. The molecule has 0 aromatic heterocycles. The van der Waals surface area contributed by atoms with Gasteiger partial charge in [-0.2, -0.15) is 0 Å². The first-order chi connectivity index (χ1) is 9.65. The van der Waals surface area contributed by atoms with Crippen molar-refractivity contribution in [1.29, 1.82) is 0 Å². The molecule has 0 radical (unpaired) electrons. The van der Waals surface area contributed by atoms with Gasteiger partial charge in [0.15, 0.2) is 11.9 Å². The Bertz CT molecular complexity index is 462. The molecule has 1 aromatic carbocycles. The van der Waals surface area contributed by atoms with Crippen LogP contribution in [0.3, 0.4) is 0 Å². The summed E-state index contributed by atoms with van der Waals surface area (Å²) < 4.78 is 5.18. The average Bonchev–Trinajstić information content (AvgIpc) is 2.44. The minimum absolute atomic E-state index is 0.0720. The van der Waals surface area contributed by atoms with Gasteiger partial charge in [-0.05, 0) is 49.7 Å². The van der Waals surface area contributed by atoms with E-state index in [1.165, 1.54) is 18.1 Å². The summed E-state index contributed by atoms with van der Waals surface area (Å²) in [6, 6.07) is 8.68. The van der Waals surface area contributed by atoms with Crippen LogP contribution in [0.5, 0.6) is 0 Å². The van der Waals surface area contributed by atoms with Crippen LogP contribution in [0.4, 0.5) is 0 Å². The number of fused-ring (bicyclic) bond motifs is 10. The van der Waals surface area contributed by atoms with Crippen molar-refractivity contribution in [3.05, 3.63) is 35.4 Å². The average molecular weight is 274 g/mol. The van der Waals surface area contributed by atoms with Crippen molar-refractivity contribution >= 4 is 11.8 Å². The molecule has 0 saturated heterocycles. The molecule has 0 saturated carbocycles. The number of Topliss-reactive ketones (excluding diaryl/α,β-unsaturated/α-hetero) is 1. The number of carbonyl (C=O) groups is 2. The van der Waals surface area contributed by atoms with Gasteiger partial charge in [0, 0.05) is 13.3 Å². The van der Waals surface area contributed by atoms with Gasteiger partial charge in [0.05, 0.1) is 0 Å². The van der Waals surface area contributed by atoms with Crippen molar-refractivity contribution in [3.63, 3.8) is 0 Å². The first-order valence-electron chi connectivity index (χ1n) is 7.43. The highest BCUT2D eigenvalue weighted by Crippen LogP contribution is 2.16. The third-order valence-corrected chi connectivity index (χ3v) is 3.76. The number of ketones is 1. The molecule has 3 rings (SSSR count). The lowest BCUT2D eigenvalue weighted by molar-refractivity contribution is -0.153. The fourth-order valence-electron chi connectivity index (χ4n) is 2.64. The molecule has 108 valence electrons. The van der Waals surface area contributed by atoms with Gasteiger partial charge >= 0.3 is 5.97 Å². The smallest absolute Gasteiger partial charge is 0.303 e. The van der Waals surface area contributed by atoms with Crippen LogP contribution in [0.1, 0.15) is 50.2 Å². The number of esters is 1. The molecule has 2 bridgehead atoms. The number of carbonyl (C=O) groups excluding carboxylic acids is 2. The predicted molar refractivity (Wildman–Crippen MR) is 77.5 cm³/mol. The van der Waals surface area contributed by atoms with Crippen LogP contribution < -0.4 is 0 Å². The summed E-state index contributed by atoms with van der Waals surface area (Å²) in [5.41, 5.74) is 2.61. The van der Waals surface area contributed by atoms with Gasteiger partial charge in [0.2, 0.25) is 0 Å². The zero-order valence-electron chi connectivity index (χ0n) is 12.1. The maximum absolute atomic E-state index is 12.1. The molecule has 2 aliphatic rings. The van der Waals surface area contributed by atoms with Crippen molar-refractivity contribution in [2.75, 3.05) is 0 Å². The summed E-state index contributed by atoms with van der Waals surface area (Å²) in [6.07, 6.45) is 5.23. The van der Waals surface area contributed by atoms with Gasteiger partial charge in [0.25, 0.3) is 0 Å². The zero-order valence-corrected chi connectivity index (χ0v) is 12.1. The number of benzene rings is 1. The Hall–Kier alpha value is -1.64. The molecular weight excluding hydrogens is 252 g/mol. The SMILES string of the molecule is CC(=O)OC1CCCc2ccc(cc2)CCCCC1=O. The number of aryl methyl sites for hydroxylation is 2. The fourth-order valence-corrected chi connectivity index (χ4v) is 2.64. The molecule has 3 nitrogen and oxygen atoms in total. The van der Waals surface area contributed by atoms with Crippen molar-refractivity contribution in [2.24, 2.45) is 0 Å². The van der Waals surface area contributed by atoms with Crippen LogP contribution in [-0.4, -0.2) is 17.9 Å². The maximum atomic E-state index is 12.1. The lowest BCUT2D eigenvalue weighted by atomic mass is 10.0. The van der Waals surface area contributed by atoms with Crippen LogP contribution >= 0.6 is 0 Å². The van der Waals surface area contributed by atoms with E-state index in [1.807, 2.05) is 0 Å². The quantitative estimate of drug-likeness (QED) is 0.738. The molecule has 0 N–H and O–H groups in total. The Morgan fingerprint density at radius 1 is 1.00 bits per heavy atom. The summed E-state index contributed by atoms with van der Waals surface area (Å²) in [5.74, 6) is -0.292. The lowest BCUT2D eigenvalue weighted by Gasteiger charge is -2.15. The lowest BCUT2D eigenvalue weighted by Crippen LogP contribution is -2.26. The number of hydrogen-bond donors (Lipinski definition) is 0. The van der Waals surface area contributed by atoms with E-state index in [0.717, 1.165) is 32.1 Å². The van der Waals surface area contributed by atoms with E-state index in [9.17, 15) is 9.59 Å². The van der Waals surface area contributed by atoms with E-state index in [4.69, 9.17) is 4.74 Å². The highest BCUT2D eigenvalue weighted by atomic mass is 16.5. The second-order valence-corrected chi connectivity index (χ2v) is 5.48. The molecule has 0 aliphatic heterocycles. The topological polar surface area (TPSA) is 43.4 Å². The highest BCUT2D eigenvalue weighted by molar-refractivity contribution is 5.85. The molecule has 0 amide bonds. The summed E-state index contributed by atoms with van der Waals surface area (Å²) >= 11 is 0. The fraction of sp³-hybridized carbons (Fsp3) is 0.529. The van der Waals surface area contributed by atoms with Gasteiger partial charge < -0.3 is 4.74 Å². The molecule has 3 heteroatoms. The van der Waals surface area contributed by atoms with Gasteiger partial charge in [-0.1, -0.05) is 24.3 Å². The highest BCUT2D eigenvalue weighted by Gasteiger charge is 2.20. The first kappa shape index (κ1) is 14.8. The summed E-state index contributed by atoms with van der Waals surface area (Å²) in [6.45, 7) is 1.37. The van der Waals surface area contributed by atoms with Gasteiger partial charge in [-0.3, -0.25) is 9.59 Å². The number of ether oxygens (including phenoxy) is 1. The molecule has 1 atom stereocenters. The zero-order chi connectivity index (χ0) is 14.4. The van der Waals surface area contributed by atoms with Crippen LogP contribution in [0.25, 0.3) is 0 Å². The second-order valence-electron chi connectivity index (χ2n) is 5.48. The predicted octanol–water partition coefficient (Wildman–Crippen LogP) is 3.24. The van der Waals surface area contributed by atoms with E-state index >= 15 is 0 Å². The van der Waals surface area contributed by atoms with Crippen molar-refractivity contribution in [3.8, 4) is 0 Å². The van der Waals surface area contributed by atoms with E-state index in [1.54, 1.807) is 0 Å². The molecule has 2 aliphatic carbocycles. The third kappa shape index (κ3) is 4.48. The maximum Gasteiger partial charge on any atom is 0.303 e. The molecule has 0 spiro atoms. The Morgan fingerprint density at radius 3 is 2.15 bits per heavy atom. The second kappa shape index (κ2) is 7.22. The minimum Gasteiger partial charge on any atom is -0.455 e. The Balaban J connectivity index is 2.04. The normalized spacial score (nSPS) is 20.6. The standard InChI is InChI=1S/C17H22O3/c1-13(18)20-17-8-4-6-15-11-9-14(10-12-15)5-2-3-7-16(17)19/h9-12,17H,2-8H2,1H3. The summed E-state index contributed by atoms with van der Waals surface area (Å²) in [7, 11) is 0. The van der Waals surface area contributed by atoms with Crippen LogP contribution in [0.2, 0.25) is 0 Å². The monoisotopic (exact) mass is 274 g/mol. The first-order valence-corrected chi connectivity index (χ1v) is 7.43. The van der Waals surface area contributed by atoms with Crippen LogP contribution in [0, 0.1) is 0 Å². The van der Waals surface area contributed by atoms with E-state index in [2.05, 4.69) is 24.3 Å². The summed E-state index contributed by atoms with van der Waals surface area (Å²) in [4.78, 5) is 23.2. The minimum atomic E-state index is -0.549. The van der Waals surface area contributed by atoms with E-state index in [-0.39, 0.29) is 11.8 Å². The molecule has 0 fully saturated rings. The summed E-state index contributed by atoms with van der Waals surface area (Å²) in [5, 5.41) is 0. The number of rotatable bonds is 1. The van der Waals surface area contributed by atoms with Crippen molar-refractivity contribution in [2.45, 2.75) is 58.0 Å². The molecular formula is C17H22O3. The molecule has 1 unspecified atom stereocenters. The van der Waals surface area contributed by atoms with Gasteiger partial charge in [-0.15, -0.1) is 0 Å². The van der Waals surface area contributed by atoms with Gasteiger partial charge in [0.1, 0.15) is 0 Å². The third-order valence-electron chi connectivity index (χ3n) is 3.76. The Morgan fingerprint density at radius 2 is 1.55 bits per heavy atom. The van der Waals surface area contributed by atoms with Crippen LogP contribution in [0.15, 0.2) is 24.3 Å². The van der Waals surface area contributed by atoms with Crippen molar-refractivity contribution < 1.29 is 14.3 Å². The van der Waals surface area contributed by atoms with Crippen molar-refractivity contribution in [1.82, 2.24) is 0 Å². The molecule has 20 heavy (non-hydrogen) atoms. The molecule has 0 heterocycles. The largest absolute Gasteiger partial charge is 0.455 e. The molecule has 1 aromatic rings. The Labute approximate surface area is 120 Å². The Kier molecular flexibility index (Phi) is 5.33. The van der Waals surface area contributed by atoms with E-state index in [0.29, 0.717) is 12.8 Å². The van der Waals surface area contributed by atoms with Gasteiger partial charge in [-0.25, -0.2) is 0 Å². The van der Waals surface area contributed by atoms with E-state index < -0.39 is 6.10 Å².